The van der Waals surface area contributed by atoms with Crippen molar-refractivity contribution >= 4 is 21.9 Å². The highest BCUT2D eigenvalue weighted by molar-refractivity contribution is 9.12. The minimum absolute atomic E-state index is 0.0289. The van der Waals surface area contributed by atoms with Gasteiger partial charge < -0.3 is 5.11 Å². The van der Waals surface area contributed by atoms with Crippen molar-refractivity contribution in [2.45, 2.75) is 25.2 Å². The van der Waals surface area contributed by atoms with Crippen molar-refractivity contribution in [1.82, 2.24) is 0 Å². The van der Waals surface area contributed by atoms with Crippen LogP contribution in [0.5, 0.6) is 0 Å². The number of alkyl halides is 2. The van der Waals surface area contributed by atoms with Crippen LogP contribution in [0.1, 0.15) is 12.8 Å². The summed E-state index contributed by atoms with van der Waals surface area (Å²) in [5.74, 6) is -1.42. The standard InChI is InChI=1S/C8H9BrF2O2/c9-5(8(12)13)1-4-2-6(10)7(11)3-4/h1,4,6-7H,2-3H2,(H,12,13)/b5-1-/t4-,6+,7-. The van der Waals surface area contributed by atoms with Gasteiger partial charge in [0, 0.05) is 0 Å². The number of carboxylic acids is 1. The fourth-order valence-electron chi connectivity index (χ4n) is 1.38. The summed E-state index contributed by atoms with van der Waals surface area (Å²) < 4.78 is 25.3. The van der Waals surface area contributed by atoms with Crippen molar-refractivity contribution in [3.63, 3.8) is 0 Å². The molecule has 5 heteroatoms. The fraction of sp³-hybridized carbons (Fsp3) is 0.625. The number of halogens is 3. The molecule has 0 amide bonds. The Bertz CT molecular complexity index is 232. The summed E-state index contributed by atoms with van der Waals surface area (Å²) in [5, 5.41) is 8.47. The molecule has 0 aromatic rings. The lowest BCUT2D eigenvalue weighted by atomic mass is 10.1. The summed E-state index contributed by atoms with van der Waals surface area (Å²) >= 11 is 2.81. The Kier molecular flexibility index (Phi) is 3.41. The van der Waals surface area contributed by atoms with Crippen molar-refractivity contribution in [2.75, 3.05) is 0 Å². The van der Waals surface area contributed by atoms with Gasteiger partial charge in [-0.15, -0.1) is 0 Å². The second kappa shape index (κ2) is 4.17. The monoisotopic (exact) mass is 254 g/mol. The first-order valence-electron chi connectivity index (χ1n) is 3.89. The molecule has 0 unspecified atom stereocenters. The molecule has 0 aromatic heterocycles. The second-order valence-corrected chi connectivity index (χ2v) is 3.94. The maximum Gasteiger partial charge on any atom is 0.342 e. The Labute approximate surface area is 82.8 Å². The van der Waals surface area contributed by atoms with Gasteiger partial charge in [0.2, 0.25) is 0 Å². The molecule has 0 spiro atoms. The molecule has 0 aliphatic heterocycles. The molecule has 0 heterocycles. The molecular weight excluding hydrogens is 246 g/mol. The van der Waals surface area contributed by atoms with Crippen LogP contribution in [0.15, 0.2) is 10.6 Å². The first-order valence-corrected chi connectivity index (χ1v) is 4.68. The van der Waals surface area contributed by atoms with Crippen LogP contribution in [0.3, 0.4) is 0 Å². The Morgan fingerprint density at radius 2 is 1.85 bits per heavy atom. The minimum Gasteiger partial charge on any atom is -0.477 e. The highest BCUT2D eigenvalue weighted by atomic mass is 79.9. The smallest absolute Gasteiger partial charge is 0.342 e. The number of aliphatic carboxylic acids is 1. The highest BCUT2D eigenvalue weighted by Crippen LogP contribution is 2.32. The molecule has 0 bridgehead atoms. The average molecular weight is 255 g/mol. The third-order valence-electron chi connectivity index (χ3n) is 2.03. The minimum atomic E-state index is -1.45. The van der Waals surface area contributed by atoms with Gasteiger partial charge in [-0.25, -0.2) is 13.6 Å². The molecule has 13 heavy (non-hydrogen) atoms. The summed E-state index contributed by atoms with van der Waals surface area (Å²) in [6.07, 6.45) is -1.40. The van der Waals surface area contributed by atoms with Crippen molar-refractivity contribution in [3.05, 3.63) is 10.6 Å². The lowest BCUT2D eigenvalue weighted by Crippen LogP contribution is -2.06. The van der Waals surface area contributed by atoms with Gasteiger partial charge in [0.05, 0.1) is 4.48 Å². The van der Waals surface area contributed by atoms with Crippen LogP contribution in [0.25, 0.3) is 0 Å². The van der Waals surface area contributed by atoms with E-state index >= 15 is 0 Å². The molecule has 1 aliphatic rings. The maximum atomic E-state index is 12.7. The Hall–Kier alpha value is -0.450. The van der Waals surface area contributed by atoms with Crippen molar-refractivity contribution < 1.29 is 18.7 Å². The van der Waals surface area contributed by atoms with Crippen LogP contribution in [-0.4, -0.2) is 23.4 Å². The van der Waals surface area contributed by atoms with Crippen molar-refractivity contribution in [3.8, 4) is 0 Å². The van der Waals surface area contributed by atoms with Crippen LogP contribution in [-0.2, 0) is 4.79 Å². The fourth-order valence-corrected chi connectivity index (χ4v) is 1.76. The number of allylic oxidation sites excluding steroid dienone is 1. The van der Waals surface area contributed by atoms with Gasteiger partial charge in [-0.1, -0.05) is 6.08 Å². The molecule has 1 fully saturated rings. The maximum absolute atomic E-state index is 12.7. The molecule has 2 nitrogen and oxygen atoms in total. The first-order chi connectivity index (χ1) is 6.00. The second-order valence-electron chi connectivity index (χ2n) is 3.08. The van der Waals surface area contributed by atoms with Gasteiger partial charge in [-0.05, 0) is 34.7 Å². The van der Waals surface area contributed by atoms with E-state index in [9.17, 15) is 13.6 Å². The lowest BCUT2D eigenvalue weighted by molar-refractivity contribution is -0.131. The van der Waals surface area contributed by atoms with E-state index in [1.807, 2.05) is 0 Å². The quantitative estimate of drug-likeness (QED) is 0.769. The third kappa shape index (κ3) is 2.76. The van der Waals surface area contributed by atoms with E-state index in [1.165, 1.54) is 6.08 Å². The molecule has 74 valence electrons. The summed E-state index contributed by atoms with van der Waals surface area (Å²) in [6.45, 7) is 0. The predicted octanol–water partition coefficient (Wildman–Crippen LogP) is 2.44. The van der Waals surface area contributed by atoms with Crippen LogP contribution in [0, 0.1) is 5.92 Å². The van der Waals surface area contributed by atoms with Gasteiger partial charge in [0.15, 0.2) is 0 Å². The number of carbonyl (C=O) groups is 1. The van der Waals surface area contributed by atoms with Gasteiger partial charge in [0.25, 0.3) is 0 Å². The van der Waals surface area contributed by atoms with Gasteiger partial charge >= 0.3 is 5.97 Å². The number of carboxylic acid groups (broad SMARTS) is 1. The molecule has 1 aliphatic carbocycles. The van der Waals surface area contributed by atoms with Crippen LogP contribution in [0.2, 0.25) is 0 Å². The van der Waals surface area contributed by atoms with Crippen LogP contribution >= 0.6 is 15.9 Å². The van der Waals surface area contributed by atoms with Crippen LogP contribution < -0.4 is 0 Å². The number of rotatable bonds is 2. The average Bonchev–Trinajstić information content (AvgIpc) is 2.31. The summed E-state index contributed by atoms with van der Waals surface area (Å²) in [5.41, 5.74) is 0. The normalized spacial score (nSPS) is 35.0. The van der Waals surface area contributed by atoms with Gasteiger partial charge in [-0.3, -0.25) is 0 Å². The zero-order chi connectivity index (χ0) is 10.0. The van der Waals surface area contributed by atoms with E-state index in [4.69, 9.17) is 5.11 Å². The van der Waals surface area contributed by atoms with Gasteiger partial charge in [-0.2, -0.15) is 0 Å². The van der Waals surface area contributed by atoms with E-state index in [1.54, 1.807) is 0 Å². The summed E-state index contributed by atoms with van der Waals surface area (Å²) in [6, 6.07) is 0. The zero-order valence-corrected chi connectivity index (χ0v) is 8.30. The molecule has 0 saturated heterocycles. The Balaban J connectivity index is 2.57. The Morgan fingerprint density at radius 1 is 1.38 bits per heavy atom. The molecule has 1 saturated carbocycles. The predicted molar refractivity (Wildman–Crippen MR) is 47.2 cm³/mol. The molecule has 3 atom stereocenters. The van der Waals surface area contributed by atoms with E-state index in [2.05, 4.69) is 15.9 Å². The summed E-state index contributed by atoms with van der Waals surface area (Å²) in [7, 11) is 0. The van der Waals surface area contributed by atoms with Crippen LogP contribution in [0.4, 0.5) is 8.78 Å². The number of hydrogen-bond donors (Lipinski definition) is 1. The van der Waals surface area contributed by atoms with Gasteiger partial charge in [0.1, 0.15) is 12.3 Å². The SMILES string of the molecule is O=C(O)/C(Br)=C/[C@H]1C[C@@H](F)[C@@H](F)C1. The summed E-state index contributed by atoms with van der Waals surface area (Å²) in [4.78, 5) is 10.3. The molecule has 0 radical (unpaired) electrons. The first kappa shape index (κ1) is 10.6. The topological polar surface area (TPSA) is 37.3 Å². The van der Waals surface area contributed by atoms with E-state index in [-0.39, 0.29) is 23.2 Å². The third-order valence-corrected chi connectivity index (χ3v) is 2.64. The Morgan fingerprint density at radius 3 is 2.23 bits per heavy atom. The lowest BCUT2D eigenvalue weighted by Gasteiger charge is -2.00. The molecule has 1 rings (SSSR count). The van der Waals surface area contributed by atoms with E-state index < -0.39 is 18.3 Å². The van der Waals surface area contributed by atoms with Crippen molar-refractivity contribution in [2.24, 2.45) is 5.92 Å². The van der Waals surface area contributed by atoms with E-state index in [0.717, 1.165) is 0 Å². The highest BCUT2D eigenvalue weighted by Gasteiger charge is 2.33. The number of hydrogen-bond acceptors (Lipinski definition) is 1. The van der Waals surface area contributed by atoms with E-state index in [0.29, 0.717) is 0 Å². The molecule has 1 N–H and O–H groups in total. The largest absolute Gasteiger partial charge is 0.477 e. The molecule has 0 aromatic carbocycles. The zero-order valence-electron chi connectivity index (χ0n) is 6.71. The van der Waals surface area contributed by atoms with Crippen molar-refractivity contribution in [1.29, 1.82) is 0 Å². The molecular formula is C8H9BrF2O2.